The molecular formula is C15H20N4. The molecule has 2 aromatic heterocycles. The lowest BCUT2D eigenvalue weighted by Crippen LogP contribution is -2.11. The van der Waals surface area contributed by atoms with E-state index >= 15 is 0 Å². The van der Waals surface area contributed by atoms with E-state index in [9.17, 15) is 0 Å². The van der Waals surface area contributed by atoms with Crippen molar-refractivity contribution < 1.29 is 0 Å². The van der Waals surface area contributed by atoms with E-state index in [1.807, 2.05) is 31.2 Å². The molecule has 0 amide bonds. The van der Waals surface area contributed by atoms with Crippen LogP contribution in [-0.2, 0) is 0 Å². The number of hydrogen-bond donors (Lipinski definition) is 1. The molecule has 2 aromatic rings. The maximum atomic E-state index is 4.55. The number of hydrogen-bond acceptors (Lipinski definition) is 4. The Kier molecular flexibility index (Phi) is 4.10. The van der Waals surface area contributed by atoms with Crippen LogP contribution in [0.3, 0.4) is 0 Å². The van der Waals surface area contributed by atoms with Gasteiger partial charge < -0.3 is 5.32 Å². The molecule has 0 saturated carbocycles. The Morgan fingerprint density at radius 2 is 1.89 bits per heavy atom. The molecule has 19 heavy (non-hydrogen) atoms. The molecule has 0 radical (unpaired) electrons. The summed E-state index contributed by atoms with van der Waals surface area (Å²) in [6.45, 7) is 8.26. The first-order chi connectivity index (χ1) is 9.06. The minimum atomic E-state index is 0.121. The molecule has 0 saturated heterocycles. The van der Waals surface area contributed by atoms with Crippen molar-refractivity contribution in [2.24, 2.45) is 0 Å². The summed E-state index contributed by atoms with van der Waals surface area (Å²) in [7, 11) is 0. The monoisotopic (exact) mass is 256 g/mol. The Morgan fingerprint density at radius 1 is 1.11 bits per heavy atom. The number of nitrogens with zero attached hydrogens (tertiary/aromatic N) is 3. The van der Waals surface area contributed by atoms with Crippen molar-refractivity contribution in [3.05, 3.63) is 47.7 Å². The van der Waals surface area contributed by atoms with Gasteiger partial charge in [0.05, 0.1) is 11.7 Å². The number of nitrogens with one attached hydrogen (secondary N) is 1. The molecule has 0 fully saturated rings. The molecule has 100 valence electrons. The van der Waals surface area contributed by atoms with E-state index in [1.165, 1.54) is 0 Å². The highest BCUT2D eigenvalue weighted by atomic mass is 15.1. The molecule has 0 aliphatic heterocycles. The second kappa shape index (κ2) is 5.78. The Labute approximate surface area is 114 Å². The quantitative estimate of drug-likeness (QED) is 0.910. The maximum Gasteiger partial charge on any atom is 0.133 e. The third-order valence-electron chi connectivity index (χ3n) is 2.88. The Bertz CT molecular complexity index is 537. The lowest BCUT2D eigenvalue weighted by Gasteiger charge is -2.15. The largest absolute Gasteiger partial charge is 0.362 e. The normalized spacial score (nSPS) is 12.5. The van der Waals surface area contributed by atoms with Gasteiger partial charge in [0.2, 0.25) is 0 Å². The average Bonchev–Trinajstić information content (AvgIpc) is 2.39. The van der Waals surface area contributed by atoms with Gasteiger partial charge in [0.15, 0.2) is 0 Å². The third-order valence-corrected chi connectivity index (χ3v) is 2.88. The fraction of sp³-hybridized carbons (Fsp3) is 0.400. The van der Waals surface area contributed by atoms with Crippen LogP contribution in [0.1, 0.15) is 49.9 Å². The van der Waals surface area contributed by atoms with Crippen LogP contribution in [0.25, 0.3) is 0 Å². The Hall–Kier alpha value is -1.97. The summed E-state index contributed by atoms with van der Waals surface area (Å²) in [6.07, 6.45) is 1.80. The summed E-state index contributed by atoms with van der Waals surface area (Å²) in [5.74, 6) is 2.05. The summed E-state index contributed by atoms with van der Waals surface area (Å²) in [5.41, 5.74) is 1.99. The van der Waals surface area contributed by atoms with Gasteiger partial charge in [-0.3, -0.25) is 4.98 Å². The van der Waals surface area contributed by atoms with Gasteiger partial charge in [-0.15, -0.1) is 0 Å². The topological polar surface area (TPSA) is 50.7 Å². The van der Waals surface area contributed by atoms with Crippen LogP contribution in [0.2, 0.25) is 0 Å². The first-order valence-electron chi connectivity index (χ1n) is 6.59. The second-order valence-corrected chi connectivity index (χ2v) is 5.03. The summed E-state index contributed by atoms with van der Waals surface area (Å²) in [6, 6.07) is 8.00. The minimum Gasteiger partial charge on any atom is -0.362 e. The van der Waals surface area contributed by atoms with E-state index in [0.717, 1.165) is 23.0 Å². The van der Waals surface area contributed by atoms with Crippen LogP contribution in [0, 0.1) is 6.92 Å². The van der Waals surface area contributed by atoms with E-state index in [1.54, 1.807) is 6.20 Å². The van der Waals surface area contributed by atoms with Gasteiger partial charge >= 0.3 is 0 Å². The van der Waals surface area contributed by atoms with Crippen molar-refractivity contribution in [2.75, 3.05) is 5.32 Å². The molecular weight excluding hydrogens is 236 g/mol. The third kappa shape index (κ3) is 3.50. The van der Waals surface area contributed by atoms with Crippen LogP contribution in [0.15, 0.2) is 30.5 Å². The Balaban J connectivity index is 2.19. The van der Waals surface area contributed by atoms with Crippen molar-refractivity contribution in [3.8, 4) is 0 Å². The first-order valence-corrected chi connectivity index (χ1v) is 6.59. The van der Waals surface area contributed by atoms with Crippen molar-refractivity contribution in [1.29, 1.82) is 0 Å². The summed E-state index contributed by atoms with van der Waals surface area (Å²) >= 11 is 0. The Morgan fingerprint density at radius 3 is 2.53 bits per heavy atom. The van der Waals surface area contributed by atoms with E-state index in [2.05, 4.69) is 41.0 Å². The van der Waals surface area contributed by atoms with Gasteiger partial charge in [-0.25, -0.2) is 9.97 Å². The van der Waals surface area contributed by atoms with Gasteiger partial charge in [0.25, 0.3) is 0 Å². The van der Waals surface area contributed by atoms with E-state index in [4.69, 9.17) is 0 Å². The molecule has 0 aliphatic carbocycles. The molecule has 1 atom stereocenters. The van der Waals surface area contributed by atoms with Crippen LogP contribution in [0.4, 0.5) is 5.82 Å². The highest BCUT2D eigenvalue weighted by Gasteiger charge is 2.10. The minimum absolute atomic E-state index is 0.121. The van der Waals surface area contributed by atoms with Gasteiger partial charge in [-0.2, -0.15) is 0 Å². The number of aryl methyl sites for hydroxylation is 1. The highest BCUT2D eigenvalue weighted by molar-refractivity contribution is 5.38. The standard InChI is InChI=1S/C15H20N4/c1-10(2)15-17-11(3)9-14(19-15)18-12(4)13-7-5-6-8-16-13/h5-10,12H,1-4H3,(H,17,18,19). The smallest absolute Gasteiger partial charge is 0.133 e. The molecule has 0 spiro atoms. The predicted molar refractivity (Wildman–Crippen MR) is 77.1 cm³/mol. The molecule has 0 aliphatic rings. The second-order valence-electron chi connectivity index (χ2n) is 5.03. The lowest BCUT2D eigenvalue weighted by molar-refractivity contribution is 0.757. The summed E-state index contributed by atoms with van der Waals surface area (Å²) < 4.78 is 0. The van der Waals surface area contributed by atoms with Crippen molar-refractivity contribution in [2.45, 2.75) is 39.7 Å². The lowest BCUT2D eigenvalue weighted by atomic mass is 10.2. The van der Waals surface area contributed by atoms with Crippen LogP contribution >= 0.6 is 0 Å². The first kappa shape index (κ1) is 13.5. The molecule has 4 heteroatoms. The fourth-order valence-corrected chi connectivity index (χ4v) is 1.85. The van der Waals surface area contributed by atoms with Crippen molar-refractivity contribution in [1.82, 2.24) is 15.0 Å². The molecule has 0 aromatic carbocycles. The fourth-order valence-electron chi connectivity index (χ4n) is 1.85. The van der Waals surface area contributed by atoms with Gasteiger partial charge in [0, 0.05) is 23.9 Å². The SMILES string of the molecule is Cc1cc(NC(C)c2ccccn2)nc(C(C)C)n1. The zero-order chi connectivity index (χ0) is 13.8. The van der Waals surface area contributed by atoms with Crippen LogP contribution in [-0.4, -0.2) is 15.0 Å². The van der Waals surface area contributed by atoms with Crippen molar-refractivity contribution in [3.63, 3.8) is 0 Å². The average molecular weight is 256 g/mol. The maximum absolute atomic E-state index is 4.55. The highest BCUT2D eigenvalue weighted by Crippen LogP contribution is 2.18. The van der Waals surface area contributed by atoms with Gasteiger partial charge in [-0.1, -0.05) is 19.9 Å². The summed E-state index contributed by atoms with van der Waals surface area (Å²) in [5, 5.41) is 3.38. The predicted octanol–water partition coefficient (Wildman–Crippen LogP) is 3.48. The van der Waals surface area contributed by atoms with Crippen LogP contribution < -0.4 is 5.32 Å². The number of pyridine rings is 1. The van der Waals surface area contributed by atoms with Crippen molar-refractivity contribution >= 4 is 5.82 Å². The summed E-state index contributed by atoms with van der Waals surface area (Å²) in [4.78, 5) is 13.3. The molecule has 2 heterocycles. The molecule has 0 bridgehead atoms. The number of anilines is 1. The molecule has 2 rings (SSSR count). The number of rotatable bonds is 4. The zero-order valence-corrected chi connectivity index (χ0v) is 11.9. The van der Waals surface area contributed by atoms with Crippen LogP contribution in [0.5, 0.6) is 0 Å². The zero-order valence-electron chi connectivity index (χ0n) is 11.9. The van der Waals surface area contributed by atoms with E-state index in [0.29, 0.717) is 5.92 Å². The number of aromatic nitrogens is 3. The molecule has 4 nitrogen and oxygen atoms in total. The van der Waals surface area contributed by atoms with E-state index in [-0.39, 0.29) is 6.04 Å². The molecule has 1 N–H and O–H groups in total. The molecule has 1 unspecified atom stereocenters. The van der Waals surface area contributed by atoms with Gasteiger partial charge in [-0.05, 0) is 26.0 Å². The van der Waals surface area contributed by atoms with Gasteiger partial charge in [0.1, 0.15) is 11.6 Å². The van der Waals surface area contributed by atoms with E-state index < -0.39 is 0 Å².